The number of aliphatic hydroxyl groups excluding tert-OH is 1. The van der Waals surface area contributed by atoms with Gasteiger partial charge in [-0.2, -0.15) is 0 Å². The number of fused-ring (bicyclic) bond motifs is 3. The van der Waals surface area contributed by atoms with E-state index in [0.29, 0.717) is 34.9 Å². The Morgan fingerprint density at radius 1 is 0.960 bits per heavy atom. The van der Waals surface area contributed by atoms with Crippen molar-refractivity contribution in [2.24, 2.45) is 5.92 Å². The van der Waals surface area contributed by atoms with Crippen LogP contribution in [0.25, 0.3) is 0 Å². The second kappa shape index (κ2) is 16.1. The van der Waals surface area contributed by atoms with Gasteiger partial charge in [-0.1, -0.05) is 44.2 Å². The predicted octanol–water partition coefficient (Wildman–Crippen LogP) is 4.08. The molecule has 0 radical (unpaired) electrons. The molecule has 1 unspecified atom stereocenters. The van der Waals surface area contributed by atoms with Crippen LogP contribution in [-0.2, 0) is 25.5 Å². The van der Waals surface area contributed by atoms with E-state index < -0.39 is 36.0 Å². The quantitative estimate of drug-likeness (QED) is 0.189. The molecule has 2 N–H and O–H groups in total. The van der Waals surface area contributed by atoms with E-state index in [-0.39, 0.29) is 56.0 Å². The van der Waals surface area contributed by atoms with Gasteiger partial charge in [-0.3, -0.25) is 19.2 Å². The number of anilines is 1. The summed E-state index contributed by atoms with van der Waals surface area (Å²) in [6.07, 6.45) is 0.227. The smallest absolute Gasteiger partial charge is 0.307 e. The van der Waals surface area contributed by atoms with Crippen molar-refractivity contribution in [2.75, 3.05) is 38.9 Å². The van der Waals surface area contributed by atoms with Gasteiger partial charge in [0.1, 0.15) is 11.8 Å². The van der Waals surface area contributed by atoms with E-state index in [1.165, 1.54) is 14.2 Å². The van der Waals surface area contributed by atoms with Crippen molar-refractivity contribution in [2.45, 2.75) is 64.2 Å². The van der Waals surface area contributed by atoms with Crippen LogP contribution in [0, 0.1) is 5.92 Å². The fourth-order valence-corrected chi connectivity index (χ4v) is 6.91. The molecular formula is C38H45N3O9. The third-order valence-electron chi connectivity index (χ3n) is 9.08. The molecule has 3 aromatic rings. The summed E-state index contributed by atoms with van der Waals surface area (Å²) in [5, 5.41) is 12.4. The third kappa shape index (κ3) is 7.40. The number of carbonyl (C=O) groups excluding carboxylic acids is 4. The number of piperazine rings is 1. The number of carbonyl (C=O) groups is 4. The van der Waals surface area contributed by atoms with Crippen LogP contribution in [0.2, 0.25) is 0 Å². The van der Waals surface area contributed by atoms with Gasteiger partial charge in [-0.05, 0) is 54.8 Å². The summed E-state index contributed by atoms with van der Waals surface area (Å²) in [6, 6.07) is 15.8. The fraction of sp³-hybridized carbons (Fsp3) is 0.421. The summed E-state index contributed by atoms with van der Waals surface area (Å²) < 4.78 is 22.1. The minimum atomic E-state index is -0.893. The minimum absolute atomic E-state index is 0.0157. The van der Waals surface area contributed by atoms with Crippen LogP contribution in [0.4, 0.5) is 5.69 Å². The van der Waals surface area contributed by atoms with E-state index in [4.69, 9.17) is 18.9 Å². The van der Waals surface area contributed by atoms with Crippen LogP contribution in [0.5, 0.6) is 17.2 Å². The van der Waals surface area contributed by atoms with E-state index in [0.717, 1.165) is 5.56 Å². The lowest BCUT2D eigenvalue weighted by Crippen LogP contribution is -2.70. The molecule has 1 saturated heterocycles. The molecule has 2 aliphatic heterocycles. The Morgan fingerprint density at radius 2 is 1.70 bits per heavy atom. The Hall–Kier alpha value is -5.10. The molecule has 0 aromatic heterocycles. The number of nitrogens with one attached hydrogen (secondary N) is 1. The van der Waals surface area contributed by atoms with Gasteiger partial charge in [0.05, 0.1) is 58.4 Å². The van der Waals surface area contributed by atoms with Crippen molar-refractivity contribution in [3.05, 3.63) is 83.4 Å². The average molecular weight is 688 g/mol. The normalized spacial score (nSPS) is 19.5. The molecule has 2 heterocycles. The molecule has 12 nitrogen and oxygen atoms in total. The van der Waals surface area contributed by atoms with Crippen LogP contribution in [0.15, 0.2) is 66.7 Å². The molecule has 3 amide bonds. The lowest BCUT2D eigenvalue weighted by atomic mass is 9.86. The Morgan fingerprint density at radius 3 is 2.36 bits per heavy atom. The molecule has 1 fully saturated rings. The van der Waals surface area contributed by atoms with Gasteiger partial charge in [0.25, 0.3) is 5.91 Å². The second-order valence-electron chi connectivity index (χ2n) is 12.6. The number of esters is 1. The molecule has 4 atom stereocenters. The molecule has 0 aliphatic carbocycles. The highest BCUT2D eigenvalue weighted by Gasteiger charge is 2.57. The van der Waals surface area contributed by atoms with Gasteiger partial charge in [-0.15, -0.1) is 0 Å². The van der Waals surface area contributed by atoms with Gasteiger partial charge >= 0.3 is 5.97 Å². The van der Waals surface area contributed by atoms with Crippen LogP contribution in [0.3, 0.4) is 0 Å². The van der Waals surface area contributed by atoms with Gasteiger partial charge in [-0.25, -0.2) is 0 Å². The van der Waals surface area contributed by atoms with Gasteiger partial charge in [0.2, 0.25) is 11.8 Å². The molecule has 0 bridgehead atoms. The van der Waals surface area contributed by atoms with Crippen LogP contribution in [-0.4, -0.2) is 85.9 Å². The van der Waals surface area contributed by atoms with Crippen LogP contribution >= 0.6 is 0 Å². The Labute approximate surface area is 292 Å². The van der Waals surface area contributed by atoms with Crippen molar-refractivity contribution in [3.8, 4) is 17.2 Å². The molecule has 0 spiro atoms. The Kier molecular flexibility index (Phi) is 11.6. The third-order valence-corrected chi connectivity index (χ3v) is 9.08. The Balaban J connectivity index is 1.64. The number of benzene rings is 3. The summed E-state index contributed by atoms with van der Waals surface area (Å²) in [4.78, 5) is 59.6. The fourth-order valence-electron chi connectivity index (χ4n) is 6.91. The van der Waals surface area contributed by atoms with Gasteiger partial charge < -0.3 is 39.2 Å². The van der Waals surface area contributed by atoms with E-state index in [1.807, 2.05) is 44.2 Å². The van der Waals surface area contributed by atoms with Crippen molar-refractivity contribution >= 4 is 29.4 Å². The van der Waals surface area contributed by atoms with Gasteiger partial charge in [0, 0.05) is 29.8 Å². The molecule has 12 heteroatoms. The summed E-state index contributed by atoms with van der Waals surface area (Å²) in [5.74, 6) is -0.640. The molecule has 3 aromatic carbocycles. The summed E-state index contributed by atoms with van der Waals surface area (Å²) in [7, 11) is 2.98. The monoisotopic (exact) mass is 687 g/mol. The highest BCUT2D eigenvalue weighted by molar-refractivity contribution is 6.05. The zero-order valence-electron chi connectivity index (χ0n) is 29.1. The first-order valence-electron chi connectivity index (χ1n) is 16.9. The number of hydrogen-bond donors (Lipinski definition) is 2. The standard InChI is InChI=1S/C38H45N3O9/c1-6-49-33(44)22-29-36-34(39-37(45)25-13-16-30(47-4)31(20-25)48-5)27-21-26(50-18-10-17-42)14-15-28(27)41(36)38(46)35(23(2)3)40(29)32(43)19-24-11-8-7-9-12-24/h7-9,11-16,20-21,23,29,34-36,42H,6,10,17-19,22H2,1-5H3,(H,39,45)/t29?,34-,35-,36+/m0/s1. The summed E-state index contributed by atoms with van der Waals surface area (Å²) in [6.45, 7) is 5.81. The molecular weight excluding hydrogens is 642 g/mol. The highest BCUT2D eigenvalue weighted by atomic mass is 16.5. The topological polar surface area (TPSA) is 144 Å². The molecule has 5 rings (SSSR count). The lowest BCUT2D eigenvalue weighted by Gasteiger charge is -2.51. The summed E-state index contributed by atoms with van der Waals surface area (Å²) >= 11 is 0. The van der Waals surface area contributed by atoms with Crippen molar-refractivity contribution in [3.63, 3.8) is 0 Å². The SMILES string of the molecule is CCOC(=O)CC1[C@@H]2[C@@H](NC(=O)c3ccc(OC)c(OC)c3)c3cc(OCCCO)ccc3N2C(=O)[C@H](C(C)C)N1C(=O)Cc1ccccc1. The van der Waals surface area contributed by atoms with E-state index >= 15 is 0 Å². The number of methoxy groups -OCH3 is 2. The van der Waals surface area contributed by atoms with Crippen LogP contribution in [0.1, 0.15) is 61.1 Å². The van der Waals surface area contributed by atoms with E-state index in [1.54, 1.807) is 53.1 Å². The first-order valence-corrected chi connectivity index (χ1v) is 16.9. The van der Waals surface area contributed by atoms with Crippen molar-refractivity contribution in [1.82, 2.24) is 10.2 Å². The predicted molar refractivity (Wildman–Crippen MR) is 185 cm³/mol. The average Bonchev–Trinajstić information content (AvgIpc) is 3.42. The number of hydrogen-bond acceptors (Lipinski definition) is 9. The highest BCUT2D eigenvalue weighted by Crippen LogP contribution is 2.48. The van der Waals surface area contributed by atoms with E-state index in [2.05, 4.69) is 5.32 Å². The lowest BCUT2D eigenvalue weighted by molar-refractivity contribution is -0.154. The minimum Gasteiger partial charge on any atom is -0.493 e. The number of aliphatic hydroxyl groups is 1. The number of nitrogens with zero attached hydrogens (tertiary/aromatic N) is 2. The van der Waals surface area contributed by atoms with E-state index in [9.17, 15) is 24.3 Å². The maximum atomic E-state index is 14.7. The molecule has 50 heavy (non-hydrogen) atoms. The Bertz CT molecular complexity index is 1700. The zero-order valence-corrected chi connectivity index (χ0v) is 29.1. The molecule has 2 aliphatic rings. The van der Waals surface area contributed by atoms with Crippen molar-refractivity contribution in [1.29, 1.82) is 0 Å². The largest absolute Gasteiger partial charge is 0.493 e. The van der Waals surface area contributed by atoms with Crippen molar-refractivity contribution < 1.29 is 43.2 Å². The van der Waals surface area contributed by atoms with Crippen LogP contribution < -0.4 is 24.4 Å². The van der Waals surface area contributed by atoms with Gasteiger partial charge in [0.15, 0.2) is 11.5 Å². The first-order chi connectivity index (χ1) is 24.1. The second-order valence-corrected chi connectivity index (χ2v) is 12.6. The molecule has 0 saturated carbocycles. The summed E-state index contributed by atoms with van der Waals surface area (Å²) in [5.41, 5.74) is 2.18. The number of rotatable bonds is 14. The zero-order chi connectivity index (χ0) is 35.9. The number of ether oxygens (including phenoxy) is 4. The maximum absolute atomic E-state index is 14.7. The first kappa shape index (κ1) is 36.2. The number of amides is 3. The molecule has 266 valence electrons. The maximum Gasteiger partial charge on any atom is 0.307 e.